The SMILES string of the molecule is Cc1ccc2c(c1)-c1ccccc1C2(c1ccccc1)c1cccc(-c2cc3c(cc2C)C(c2ccccc2)(c2cccc(-c4ccc5c(c4)-c4cccc(C)c4C5(c4ccccc4)c4ccccc4)c2)c2ccccc2-3)c1. The lowest BCUT2D eigenvalue weighted by atomic mass is 9.66. The van der Waals surface area contributed by atoms with E-state index in [9.17, 15) is 0 Å². The van der Waals surface area contributed by atoms with Gasteiger partial charge in [0.2, 0.25) is 0 Å². The third-order valence-corrected chi connectivity index (χ3v) is 18.0. The zero-order chi connectivity index (χ0) is 52.2. The molecule has 0 fully saturated rings. The predicted molar refractivity (Wildman–Crippen MR) is 323 cm³/mol. The Hall–Kier alpha value is -9.36. The molecular formula is C78H56. The van der Waals surface area contributed by atoms with E-state index in [1.54, 1.807) is 0 Å². The number of hydrogen-bond acceptors (Lipinski definition) is 0. The van der Waals surface area contributed by atoms with Crippen molar-refractivity contribution in [2.24, 2.45) is 0 Å². The van der Waals surface area contributed by atoms with Gasteiger partial charge < -0.3 is 0 Å². The summed E-state index contributed by atoms with van der Waals surface area (Å²) in [6, 6.07) is 108. The lowest BCUT2D eigenvalue weighted by Gasteiger charge is -2.35. The molecule has 78 heavy (non-hydrogen) atoms. The maximum atomic E-state index is 2.52. The van der Waals surface area contributed by atoms with Gasteiger partial charge in [-0.25, -0.2) is 0 Å². The van der Waals surface area contributed by atoms with E-state index in [4.69, 9.17) is 0 Å². The highest BCUT2D eigenvalue weighted by Gasteiger charge is 2.50. The topological polar surface area (TPSA) is 0 Å². The quantitative estimate of drug-likeness (QED) is 0.142. The van der Waals surface area contributed by atoms with E-state index in [0.29, 0.717) is 0 Å². The highest BCUT2D eigenvalue weighted by atomic mass is 14.5. The molecule has 0 nitrogen and oxygen atoms in total. The normalized spacial score (nSPS) is 16.9. The summed E-state index contributed by atoms with van der Waals surface area (Å²) in [6.07, 6.45) is 0. The average molecular weight is 993 g/mol. The highest BCUT2D eigenvalue weighted by molar-refractivity contribution is 5.93. The maximum absolute atomic E-state index is 2.52. The number of rotatable bonds is 8. The molecule has 2 unspecified atom stereocenters. The summed E-state index contributed by atoms with van der Waals surface area (Å²) in [6.45, 7) is 6.82. The van der Waals surface area contributed by atoms with Crippen molar-refractivity contribution in [1.29, 1.82) is 0 Å². The molecule has 0 saturated heterocycles. The first-order valence-electron chi connectivity index (χ1n) is 27.6. The van der Waals surface area contributed by atoms with Crippen LogP contribution in [-0.2, 0) is 16.2 Å². The van der Waals surface area contributed by atoms with Crippen LogP contribution in [0.5, 0.6) is 0 Å². The third-order valence-electron chi connectivity index (χ3n) is 18.0. The van der Waals surface area contributed by atoms with Crippen molar-refractivity contribution in [3.05, 3.63) is 369 Å². The zero-order valence-corrected chi connectivity index (χ0v) is 44.1. The largest absolute Gasteiger partial charge is 0.0716 e. The molecule has 0 aliphatic heterocycles. The highest BCUT2D eigenvalue weighted by Crippen LogP contribution is 2.61. The van der Waals surface area contributed by atoms with Crippen LogP contribution in [0.3, 0.4) is 0 Å². The molecule has 368 valence electrons. The van der Waals surface area contributed by atoms with Crippen LogP contribution >= 0.6 is 0 Å². The Morgan fingerprint density at radius 2 is 0.615 bits per heavy atom. The summed E-state index contributed by atoms with van der Waals surface area (Å²) < 4.78 is 0. The number of fused-ring (bicyclic) bond motifs is 9. The molecule has 0 N–H and O–H groups in total. The van der Waals surface area contributed by atoms with Gasteiger partial charge in [-0.2, -0.15) is 0 Å². The molecule has 0 spiro atoms. The number of aryl methyl sites for hydroxylation is 3. The van der Waals surface area contributed by atoms with Crippen molar-refractivity contribution < 1.29 is 0 Å². The summed E-state index contributed by atoms with van der Waals surface area (Å²) in [7, 11) is 0. The molecule has 0 bridgehead atoms. The Morgan fingerprint density at radius 3 is 1.22 bits per heavy atom. The lowest BCUT2D eigenvalue weighted by molar-refractivity contribution is 0.762. The second-order valence-electron chi connectivity index (χ2n) is 22.0. The second-order valence-corrected chi connectivity index (χ2v) is 22.0. The van der Waals surface area contributed by atoms with E-state index in [2.05, 4.69) is 306 Å². The molecule has 0 saturated carbocycles. The first-order valence-corrected chi connectivity index (χ1v) is 27.6. The van der Waals surface area contributed by atoms with Gasteiger partial charge in [0.25, 0.3) is 0 Å². The molecule has 0 radical (unpaired) electrons. The van der Waals surface area contributed by atoms with E-state index in [-0.39, 0.29) is 0 Å². The minimum atomic E-state index is -0.586. The van der Waals surface area contributed by atoms with E-state index < -0.39 is 16.2 Å². The van der Waals surface area contributed by atoms with Crippen LogP contribution in [0.15, 0.2) is 285 Å². The van der Waals surface area contributed by atoms with Crippen molar-refractivity contribution >= 4 is 0 Å². The Kier molecular flexibility index (Phi) is 10.4. The monoisotopic (exact) mass is 992 g/mol. The minimum absolute atomic E-state index is 0.457. The van der Waals surface area contributed by atoms with Crippen LogP contribution < -0.4 is 0 Å². The van der Waals surface area contributed by atoms with E-state index in [0.717, 1.165) is 0 Å². The fourth-order valence-corrected chi connectivity index (χ4v) is 14.9. The predicted octanol–water partition coefficient (Wildman–Crippen LogP) is 19.0. The van der Waals surface area contributed by atoms with Gasteiger partial charge >= 0.3 is 0 Å². The van der Waals surface area contributed by atoms with Crippen LogP contribution in [-0.4, -0.2) is 0 Å². The molecule has 0 heteroatoms. The third kappa shape index (κ3) is 6.35. The summed E-state index contributed by atoms with van der Waals surface area (Å²) in [4.78, 5) is 0. The molecule has 0 heterocycles. The number of benzene rings is 12. The van der Waals surface area contributed by atoms with Crippen LogP contribution in [0.4, 0.5) is 0 Å². The van der Waals surface area contributed by atoms with Gasteiger partial charge in [-0.1, -0.05) is 266 Å². The number of hydrogen-bond donors (Lipinski definition) is 0. The minimum Gasteiger partial charge on any atom is -0.0622 e. The molecule has 3 aliphatic carbocycles. The molecular weight excluding hydrogens is 937 g/mol. The maximum Gasteiger partial charge on any atom is 0.0716 e. The van der Waals surface area contributed by atoms with Crippen molar-refractivity contribution in [2.45, 2.75) is 37.0 Å². The van der Waals surface area contributed by atoms with Crippen LogP contribution in [0.2, 0.25) is 0 Å². The van der Waals surface area contributed by atoms with Crippen LogP contribution in [0.25, 0.3) is 55.6 Å². The molecule has 2 atom stereocenters. The van der Waals surface area contributed by atoms with Crippen molar-refractivity contribution in [2.75, 3.05) is 0 Å². The van der Waals surface area contributed by atoms with Gasteiger partial charge in [0.05, 0.1) is 16.2 Å². The molecule has 15 rings (SSSR count). The second kappa shape index (κ2) is 17.6. The van der Waals surface area contributed by atoms with Gasteiger partial charge in [-0.3, -0.25) is 0 Å². The van der Waals surface area contributed by atoms with Crippen LogP contribution in [0.1, 0.15) is 83.5 Å². The Bertz CT molecular complexity index is 4300. The molecule has 12 aromatic carbocycles. The van der Waals surface area contributed by atoms with Crippen molar-refractivity contribution in [1.82, 2.24) is 0 Å². The molecule has 12 aromatic rings. The summed E-state index contributed by atoms with van der Waals surface area (Å²) in [5, 5.41) is 0. The zero-order valence-electron chi connectivity index (χ0n) is 44.1. The van der Waals surface area contributed by atoms with E-state index >= 15 is 0 Å². The molecule has 3 aliphatic rings. The summed E-state index contributed by atoms with van der Waals surface area (Å²) >= 11 is 0. The fourth-order valence-electron chi connectivity index (χ4n) is 14.9. The smallest absolute Gasteiger partial charge is 0.0622 e. The molecule has 0 aromatic heterocycles. The first-order chi connectivity index (χ1) is 38.4. The summed E-state index contributed by atoms with van der Waals surface area (Å²) in [5.41, 5.74) is 30.5. The Balaban J connectivity index is 0.909. The average Bonchev–Trinajstić information content (AvgIpc) is 3.74. The summed E-state index contributed by atoms with van der Waals surface area (Å²) in [5.74, 6) is 0. The van der Waals surface area contributed by atoms with Gasteiger partial charge in [-0.05, 0) is 179 Å². The Labute approximate surface area is 458 Å². The van der Waals surface area contributed by atoms with Gasteiger partial charge in [0, 0.05) is 0 Å². The van der Waals surface area contributed by atoms with Crippen molar-refractivity contribution in [3.63, 3.8) is 0 Å². The Morgan fingerprint density at radius 1 is 0.205 bits per heavy atom. The van der Waals surface area contributed by atoms with Gasteiger partial charge in [-0.15, -0.1) is 0 Å². The lowest BCUT2D eigenvalue weighted by Crippen LogP contribution is -2.29. The molecule has 0 amide bonds. The van der Waals surface area contributed by atoms with E-state index in [1.807, 2.05) is 0 Å². The van der Waals surface area contributed by atoms with Crippen molar-refractivity contribution in [3.8, 4) is 55.6 Å². The van der Waals surface area contributed by atoms with Crippen LogP contribution in [0, 0.1) is 20.8 Å². The van der Waals surface area contributed by atoms with E-state index in [1.165, 1.54) is 139 Å². The first kappa shape index (κ1) is 46.0. The van der Waals surface area contributed by atoms with Gasteiger partial charge in [0.15, 0.2) is 0 Å². The standard InChI is InChI=1S/C78H56/c1-51-41-43-72-67(45-51)63-36-16-18-39-70(63)76(72,57-26-8-4-9-27-57)62-35-22-25-56(48-62)66-50-69-64-37-17-19-40-71(64)77(74(69)46-53(66)3,58-28-10-5-11-29-58)61-34-21-24-54(47-61)55-42-44-73-68(49-55)65-38-20-23-52(2)75(65)78(73,59-30-12-6-13-31-59)60-32-14-7-15-33-60/h4-50H,1-3H3. The van der Waals surface area contributed by atoms with Gasteiger partial charge in [0.1, 0.15) is 0 Å². The fraction of sp³-hybridized carbons (Fsp3) is 0.0769.